The van der Waals surface area contributed by atoms with Gasteiger partial charge in [-0.1, -0.05) is 19.8 Å². The van der Waals surface area contributed by atoms with Crippen molar-refractivity contribution in [2.75, 3.05) is 25.5 Å². The largest absolute Gasteiger partial charge is 0.388 e. The van der Waals surface area contributed by atoms with E-state index in [0.717, 1.165) is 41.4 Å². The van der Waals surface area contributed by atoms with E-state index < -0.39 is 15.6 Å². The Kier molecular flexibility index (Phi) is 6.04. The zero-order valence-electron chi connectivity index (χ0n) is 20.9. The van der Waals surface area contributed by atoms with Gasteiger partial charge in [-0.05, 0) is 80.7 Å². The maximum absolute atomic E-state index is 13.5. The second-order valence-corrected chi connectivity index (χ2v) is 13.2. The summed E-state index contributed by atoms with van der Waals surface area (Å²) in [5.41, 5.74) is 3.74. The van der Waals surface area contributed by atoms with E-state index >= 15 is 0 Å². The van der Waals surface area contributed by atoms with Crippen molar-refractivity contribution in [2.45, 2.75) is 82.4 Å². The number of rotatable bonds is 5. The van der Waals surface area contributed by atoms with Gasteiger partial charge in [0.2, 0.25) is 10.0 Å². The molecule has 0 bridgehead atoms. The maximum atomic E-state index is 13.5. The van der Waals surface area contributed by atoms with Gasteiger partial charge in [-0.2, -0.15) is 0 Å². The van der Waals surface area contributed by atoms with Crippen molar-refractivity contribution in [3.05, 3.63) is 28.8 Å². The number of nitrogens with zero attached hydrogens (tertiary/aromatic N) is 2. The van der Waals surface area contributed by atoms with E-state index in [1.807, 2.05) is 7.05 Å². The van der Waals surface area contributed by atoms with Crippen molar-refractivity contribution in [1.29, 1.82) is 0 Å². The Morgan fingerprint density at radius 2 is 1.71 bits per heavy atom. The van der Waals surface area contributed by atoms with Crippen LogP contribution in [0, 0.1) is 25.7 Å². The van der Waals surface area contributed by atoms with Crippen LogP contribution in [0.2, 0.25) is 0 Å². The van der Waals surface area contributed by atoms with E-state index in [-0.39, 0.29) is 17.1 Å². The Bertz CT molecular complexity index is 1090. The number of sulfonamides is 1. The molecule has 2 heterocycles. The fourth-order valence-electron chi connectivity index (χ4n) is 6.42. The lowest BCUT2D eigenvalue weighted by Gasteiger charge is -2.35. The van der Waals surface area contributed by atoms with E-state index in [9.17, 15) is 13.2 Å². The highest BCUT2D eigenvalue weighted by atomic mass is 32.2. The number of amidine groups is 1. The van der Waals surface area contributed by atoms with Gasteiger partial charge < -0.3 is 10.6 Å². The second kappa shape index (κ2) is 8.63. The van der Waals surface area contributed by atoms with E-state index in [4.69, 9.17) is 4.99 Å². The van der Waals surface area contributed by atoms with Crippen molar-refractivity contribution < 1.29 is 13.2 Å². The number of carbonyl (C=O) groups is 1. The average molecular weight is 487 g/mol. The normalized spacial score (nSPS) is 31.3. The molecule has 3 fully saturated rings. The molecule has 0 radical (unpaired) electrons. The predicted molar refractivity (Wildman–Crippen MR) is 136 cm³/mol. The van der Waals surface area contributed by atoms with Crippen LogP contribution in [0.4, 0.5) is 5.69 Å². The zero-order valence-corrected chi connectivity index (χ0v) is 21.7. The van der Waals surface area contributed by atoms with Crippen molar-refractivity contribution in [3.8, 4) is 0 Å². The van der Waals surface area contributed by atoms with Crippen LogP contribution in [0.1, 0.15) is 74.5 Å². The quantitative estimate of drug-likeness (QED) is 0.664. The third kappa shape index (κ3) is 4.06. The standard InChI is InChI=1S/C26H38N4O3S/c1-16-5-7-19(8-6-16)24-28-25(31)26(29-24)9-11-30(12-10-26)34(32,33)22-15-21(22)23-17(2)13-20(27-4)14-18(23)3/h13-14,16,19,21-22,27H,5-12,15H2,1-4H3,(H,28,29,31). The molecule has 1 amide bonds. The van der Waals surface area contributed by atoms with Crippen LogP contribution in [0.5, 0.6) is 0 Å². The van der Waals surface area contributed by atoms with Gasteiger partial charge >= 0.3 is 0 Å². The van der Waals surface area contributed by atoms with Crippen LogP contribution in [-0.2, 0) is 14.8 Å². The first kappa shape index (κ1) is 23.8. The van der Waals surface area contributed by atoms with Gasteiger partial charge in [-0.25, -0.2) is 12.7 Å². The zero-order chi connectivity index (χ0) is 24.3. The third-order valence-corrected chi connectivity index (χ3v) is 11.0. The van der Waals surface area contributed by atoms with Crippen LogP contribution in [0.25, 0.3) is 0 Å². The van der Waals surface area contributed by atoms with Crippen LogP contribution in [-0.4, -0.2) is 55.4 Å². The average Bonchev–Trinajstić information content (AvgIpc) is 3.54. The summed E-state index contributed by atoms with van der Waals surface area (Å²) in [5, 5.41) is 5.89. The number of hydrogen-bond acceptors (Lipinski definition) is 5. The molecule has 2 atom stereocenters. The molecule has 8 heteroatoms. The molecule has 0 aromatic heterocycles. The van der Waals surface area contributed by atoms with Gasteiger partial charge in [-0.3, -0.25) is 9.79 Å². The van der Waals surface area contributed by atoms with Crippen LogP contribution >= 0.6 is 0 Å². The summed E-state index contributed by atoms with van der Waals surface area (Å²) < 4.78 is 28.6. The number of amides is 1. The number of carbonyl (C=O) groups excluding carboxylic acids is 1. The van der Waals surface area contributed by atoms with Crippen molar-refractivity contribution >= 4 is 27.5 Å². The van der Waals surface area contributed by atoms with Gasteiger partial charge in [0.1, 0.15) is 11.4 Å². The number of nitrogens with one attached hydrogen (secondary N) is 2. The molecule has 2 aliphatic heterocycles. The van der Waals surface area contributed by atoms with Gasteiger partial charge in [0.25, 0.3) is 5.91 Å². The molecule has 1 saturated heterocycles. The number of piperidine rings is 1. The fourth-order valence-corrected chi connectivity index (χ4v) is 8.49. The lowest BCUT2D eigenvalue weighted by atomic mass is 9.82. The van der Waals surface area contributed by atoms with Crippen LogP contribution < -0.4 is 10.6 Å². The Balaban J connectivity index is 1.26. The first-order valence-corrected chi connectivity index (χ1v) is 14.3. The smallest absolute Gasteiger partial charge is 0.253 e. The maximum Gasteiger partial charge on any atom is 0.253 e. The minimum atomic E-state index is -3.40. The van der Waals surface area contributed by atoms with Crippen molar-refractivity contribution in [1.82, 2.24) is 9.62 Å². The third-order valence-electron chi connectivity index (χ3n) is 8.68. The summed E-state index contributed by atoms with van der Waals surface area (Å²) in [5.74, 6) is 1.97. The van der Waals surface area contributed by atoms with Gasteiger partial charge in [0.05, 0.1) is 5.25 Å². The molecule has 2 unspecified atom stereocenters. The topological polar surface area (TPSA) is 90.9 Å². The minimum absolute atomic E-state index is 0.0293. The molecule has 2 aliphatic carbocycles. The summed E-state index contributed by atoms with van der Waals surface area (Å²) in [6, 6.07) is 4.19. The monoisotopic (exact) mass is 486 g/mol. The molecule has 4 aliphatic rings. The number of aliphatic imine (C=N–C) groups is 1. The molecule has 5 rings (SSSR count). The SMILES string of the molecule is CNc1cc(C)c(C2CC2S(=O)(=O)N2CCC3(CC2)N=C(C2CCC(C)CC2)NC3=O)c(C)c1. The highest BCUT2D eigenvalue weighted by Crippen LogP contribution is 2.50. The lowest BCUT2D eigenvalue weighted by Crippen LogP contribution is -2.51. The molecule has 1 aromatic carbocycles. The number of hydrogen-bond donors (Lipinski definition) is 2. The van der Waals surface area contributed by atoms with E-state index in [0.29, 0.717) is 38.3 Å². The number of anilines is 1. The minimum Gasteiger partial charge on any atom is -0.388 e. The summed E-state index contributed by atoms with van der Waals surface area (Å²) in [6.07, 6.45) is 6.12. The number of aryl methyl sites for hydroxylation is 2. The fraction of sp³-hybridized carbons (Fsp3) is 0.692. The molecular weight excluding hydrogens is 448 g/mol. The molecule has 34 heavy (non-hydrogen) atoms. The second-order valence-electron chi connectivity index (χ2n) is 11.0. The molecule has 2 N–H and O–H groups in total. The van der Waals surface area contributed by atoms with E-state index in [2.05, 4.69) is 43.5 Å². The van der Waals surface area contributed by atoms with E-state index in [1.165, 1.54) is 18.4 Å². The van der Waals surface area contributed by atoms with Crippen LogP contribution in [0.15, 0.2) is 17.1 Å². The summed E-state index contributed by atoms with van der Waals surface area (Å²) >= 11 is 0. The Morgan fingerprint density at radius 1 is 1.09 bits per heavy atom. The Hall–Kier alpha value is -1.93. The summed E-state index contributed by atoms with van der Waals surface area (Å²) in [6.45, 7) is 7.16. The van der Waals surface area contributed by atoms with Gasteiger partial charge in [-0.15, -0.1) is 0 Å². The van der Waals surface area contributed by atoms with Crippen molar-refractivity contribution in [2.24, 2.45) is 16.8 Å². The first-order valence-electron chi connectivity index (χ1n) is 12.8. The molecule has 1 spiro atoms. The van der Waals surface area contributed by atoms with Crippen LogP contribution in [0.3, 0.4) is 0 Å². The Morgan fingerprint density at radius 3 is 2.29 bits per heavy atom. The molecule has 186 valence electrons. The molecular formula is C26H38N4O3S. The van der Waals surface area contributed by atoms with Gasteiger partial charge in [0, 0.05) is 37.7 Å². The number of benzene rings is 1. The molecule has 2 saturated carbocycles. The van der Waals surface area contributed by atoms with Crippen molar-refractivity contribution in [3.63, 3.8) is 0 Å². The van der Waals surface area contributed by atoms with Gasteiger partial charge in [0.15, 0.2) is 0 Å². The molecule has 7 nitrogen and oxygen atoms in total. The first-order chi connectivity index (χ1) is 16.1. The highest BCUT2D eigenvalue weighted by Gasteiger charge is 2.54. The Labute approximate surface area is 203 Å². The van der Waals surface area contributed by atoms with E-state index in [1.54, 1.807) is 4.31 Å². The summed E-state index contributed by atoms with van der Waals surface area (Å²) in [4.78, 5) is 17.9. The predicted octanol–water partition coefficient (Wildman–Crippen LogP) is 3.72. The summed E-state index contributed by atoms with van der Waals surface area (Å²) in [7, 11) is -1.50. The highest BCUT2D eigenvalue weighted by molar-refractivity contribution is 7.90. The lowest BCUT2D eigenvalue weighted by molar-refractivity contribution is -0.125. The molecule has 1 aromatic rings.